The quantitative estimate of drug-likeness (QED) is 0.336. The Morgan fingerprint density at radius 1 is 1.33 bits per heavy atom. The molecule has 2 aliphatic heterocycles. The molecule has 1 aromatic heterocycles. The van der Waals surface area contributed by atoms with E-state index in [4.69, 9.17) is 20.9 Å². The molecule has 10 nitrogen and oxygen atoms in total. The summed E-state index contributed by atoms with van der Waals surface area (Å²) in [7, 11) is 0. The lowest BCUT2D eigenvalue weighted by Crippen LogP contribution is -2.23. The van der Waals surface area contributed by atoms with E-state index >= 15 is 0 Å². The fourth-order valence-electron chi connectivity index (χ4n) is 3.24. The van der Waals surface area contributed by atoms with Crippen molar-refractivity contribution in [2.75, 3.05) is 6.54 Å². The number of benzene rings is 1. The van der Waals surface area contributed by atoms with Gasteiger partial charge in [0.25, 0.3) is 0 Å². The number of nitrogens with two attached hydrogens (primary N) is 2. The van der Waals surface area contributed by atoms with Crippen LogP contribution in [0.3, 0.4) is 0 Å². The van der Waals surface area contributed by atoms with Crippen molar-refractivity contribution in [2.45, 2.75) is 12.5 Å². The van der Waals surface area contributed by atoms with E-state index in [1.54, 1.807) is 0 Å². The molecule has 0 fully saturated rings. The molecule has 10 heteroatoms. The van der Waals surface area contributed by atoms with Crippen LogP contribution in [0.2, 0.25) is 0 Å². The summed E-state index contributed by atoms with van der Waals surface area (Å²) in [4.78, 5) is 31.5. The van der Waals surface area contributed by atoms with Crippen molar-refractivity contribution in [1.29, 1.82) is 0 Å². The number of carbonyl (C=O) groups excluding carboxylic acids is 1. The maximum absolute atomic E-state index is 12.3. The Kier molecular flexibility index (Phi) is 3.62. The highest BCUT2D eigenvalue weighted by Gasteiger charge is 2.42. The zero-order valence-corrected chi connectivity index (χ0v) is 13.8. The van der Waals surface area contributed by atoms with Crippen molar-refractivity contribution in [3.05, 3.63) is 35.2 Å². The molecule has 27 heavy (non-hydrogen) atoms. The summed E-state index contributed by atoms with van der Waals surface area (Å²) in [6.45, 7) is 0.205. The van der Waals surface area contributed by atoms with Crippen LogP contribution in [0.5, 0.6) is 11.5 Å². The zero-order chi connectivity index (χ0) is 19.3. The normalized spacial score (nSPS) is 17.3. The van der Waals surface area contributed by atoms with Crippen LogP contribution >= 0.6 is 0 Å². The van der Waals surface area contributed by atoms with Crippen LogP contribution < -0.4 is 16.2 Å². The Bertz CT molecular complexity index is 1070. The largest absolute Gasteiger partial charge is 0.507 e. The Hall–Kier alpha value is -3.82. The van der Waals surface area contributed by atoms with Crippen molar-refractivity contribution in [1.82, 2.24) is 4.98 Å². The third-order valence-electron chi connectivity index (χ3n) is 4.30. The van der Waals surface area contributed by atoms with E-state index in [0.717, 1.165) is 0 Å². The molecular weight excluding hydrogens is 356 g/mol. The molecule has 0 saturated heterocycles. The van der Waals surface area contributed by atoms with E-state index in [-0.39, 0.29) is 41.9 Å². The highest BCUT2D eigenvalue weighted by molar-refractivity contribution is 6.11. The maximum atomic E-state index is 12.3. The van der Waals surface area contributed by atoms with Gasteiger partial charge in [0.15, 0.2) is 11.7 Å². The maximum Gasteiger partial charge on any atom is 0.375 e. The summed E-state index contributed by atoms with van der Waals surface area (Å²) in [6, 6.07) is 4.06. The Morgan fingerprint density at radius 2 is 2.11 bits per heavy atom. The van der Waals surface area contributed by atoms with Gasteiger partial charge in [0.05, 0.1) is 16.5 Å². The number of hydrogen-bond acceptors (Lipinski definition) is 7. The fourth-order valence-corrected chi connectivity index (χ4v) is 3.24. The number of ether oxygens (including phenoxy) is 2. The lowest BCUT2D eigenvalue weighted by Gasteiger charge is -2.21. The number of aliphatic imine (C=N–C) groups is 1. The number of nitrogens with zero attached hydrogens (tertiary/aromatic N) is 2. The predicted molar refractivity (Wildman–Crippen MR) is 93.1 cm³/mol. The van der Waals surface area contributed by atoms with Crippen LogP contribution in [0, 0.1) is 0 Å². The van der Waals surface area contributed by atoms with Crippen LogP contribution in [0.15, 0.2) is 29.0 Å². The first-order valence-electron chi connectivity index (χ1n) is 7.95. The van der Waals surface area contributed by atoms with Crippen LogP contribution in [-0.4, -0.2) is 45.7 Å². The Labute approximate surface area is 151 Å². The van der Waals surface area contributed by atoms with Crippen LogP contribution in [0.4, 0.5) is 0 Å². The standard InChI is InChI=1S/C17H14N4O6/c18-17(19)20-4-3-9-13-12-8(22)2-1-6-11(12)10(5-7(21-6)15(23)24)26-14(13)16(25)27-9/h1-2,5,9,22H,3-4H2,(H,23,24)(H4,18,19,20)/t9-/m0/s1. The van der Waals surface area contributed by atoms with Crippen molar-refractivity contribution in [3.63, 3.8) is 0 Å². The van der Waals surface area contributed by atoms with Gasteiger partial charge in [-0.3, -0.25) is 4.99 Å². The monoisotopic (exact) mass is 370 g/mol. The summed E-state index contributed by atoms with van der Waals surface area (Å²) >= 11 is 0. The number of carboxylic acid groups (broad SMARTS) is 1. The Balaban J connectivity index is 1.88. The number of esters is 1. The van der Waals surface area contributed by atoms with Crippen LogP contribution in [0.25, 0.3) is 16.5 Å². The SMILES string of the molecule is NC(N)=NCC[C@@H]1OC(=O)C2=C1c1c(O)ccc3nc(C(=O)O)cc(c13)O2. The third kappa shape index (κ3) is 2.58. The molecule has 0 radical (unpaired) electrons. The van der Waals surface area contributed by atoms with Gasteiger partial charge in [-0.05, 0) is 12.1 Å². The van der Waals surface area contributed by atoms with Gasteiger partial charge in [-0.25, -0.2) is 14.6 Å². The number of phenolic OH excluding ortho intramolecular Hbond substituents is 1. The molecule has 0 unspecified atom stereocenters. The molecule has 0 amide bonds. The second kappa shape index (κ2) is 5.87. The van der Waals surface area contributed by atoms with Crippen LogP contribution in [-0.2, 0) is 9.53 Å². The number of guanidine groups is 1. The lowest BCUT2D eigenvalue weighted by molar-refractivity contribution is -0.141. The molecule has 0 aliphatic carbocycles. The highest BCUT2D eigenvalue weighted by Crippen LogP contribution is 2.48. The van der Waals surface area contributed by atoms with E-state index in [0.29, 0.717) is 22.0 Å². The number of aromatic carboxylic acids is 1. The molecule has 2 aromatic rings. The van der Waals surface area contributed by atoms with Crippen molar-refractivity contribution in [2.24, 2.45) is 16.5 Å². The number of carboxylic acids is 1. The van der Waals surface area contributed by atoms with Crippen LogP contribution in [0.1, 0.15) is 22.5 Å². The van der Waals surface area contributed by atoms with Gasteiger partial charge in [-0.15, -0.1) is 0 Å². The fraction of sp³-hybridized carbons (Fsp3) is 0.176. The number of fused-ring (bicyclic) bond motifs is 1. The number of phenols is 1. The number of hydrogen-bond donors (Lipinski definition) is 4. The number of cyclic esters (lactones) is 1. The third-order valence-corrected chi connectivity index (χ3v) is 4.30. The van der Waals surface area contributed by atoms with E-state index in [2.05, 4.69) is 9.98 Å². The molecular formula is C17H14N4O6. The van der Waals surface area contributed by atoms with Crippen molar-refractivity contribution in [3.8, 4) is 11.5 Å². The average molecular weight is 370 g/mol. The Morgan fingerprint density at radius 3 is 2.81 bits per heavy atom. The first-order valence-corrected chi connectivity index (χ1v) is 7.95. The van der Waals surface area contributed by atoms with E-state index in [1.165, 1.54) is 18.2 Å². The smallest absolute Gasteiger partial charge is 0.375 e. The van der Waals surface area contributed by atoms with E-state index in [1.807, 2.05) is 0 Å². The molecule has 138 valence electrons. The number of carbonyl (C=O) groups is 2. The van der Waals surface area contributed by atoms with Gasteiger partial charge in [0, 0.05) is 24.6 Å². The summed E-state index contributed by atoms with van der Waals surface area (Å²) < 4.78 is 11.0. The average Bonchev–Trinajstić information content (AvgIpc) is 2.92. The topological polar surface area (TPSA) is 170 Å². The molecule has 0 spiro atoms. The second-order valence-electron chi connectivity index (χ2n) is 6.00. The molecule has 0 saturated carbocycles. The molecule has 4 rings (SSSR count). The highest BCUT2D eigenvalue weighted by atomic mass is 16.6. The molecule has 2 aliphatic rings. The van der Waals surface area contributed by atoms with Gasteiger partial charge in [0.1, 0.15) is 17.6 Å². The van der Waals surface area contributed by atoms with Gasteiger partial charge in [-0.2, -0.15) is 0 Å². The van der Waals surface area contributed by atoms with E-state index < -0.39 is 18.0 Å². The lowest BCUT2D eigenvalue weighted by atomic mass is 9.91. The van der Waals surface area contributed by atoms with Crippen molar-refractivity contribution >= 4 is 34.4 Å². The van der Waals surface area contributed by atoms with E-state index in [9.17, 15) is 19.8 Å². The van der Waals surface area contributed by atoms with Gasteiger partial charge < -0.3 is 31.2 Å². The molecule has 1 atom stereocenters. The van der Waals surface area contributed by atoms with Gasteiger partial charge in [-0.1, -0.05) is 0 Å². The van der Waals surface area contributed by atoms with Crippen molar-refractivity contribution < 1.29 is 29.3 Å². The zero-order valence-electron chi connectivity index (χ0n) is 13.8. The van der Waals surface area contributed by atoms with Gasteiger partial charge in [0.2, 0.25) is 5.76 Å². The summed E-state index contributed by atoms with van der Waals surface area (Å²) in [5, 5.41) is 20.1. The number of aromatic nitrogens is 1. The summed E-state index contributed by atoms with van der Waals surface area (Å²) in [5.74, 6) is -2.12. The molecule has 0 bridgehead atoms. The molecule has 3 heterocycles. The number of aromatic hydroxyl groups is 1. The first kappa shape index (κ1) is 16.6. The second-order valence-corrected chi connectivity index (χ2v) is 6.00. The molecule has 1 aromatic carbocycles. The minimum Gasteiger partial charge on any atom is -0.507 e. The summed E-state index contributed by atoms with van der Waals surface area (Å²) in [5.41, 5.74) is 11.4. The first-order chi connectivity index (χ1) is 12.9. The minimum absolute atomic E-state index is 0.0888. The van der Waals surface area contributed by atoms with Gasteiger partial charge >= 0.3 is 11.9 Å². The number of pyridine rings is 1. The number of rotatable bonds is 4. The predicted octanol–water partition coefficient (Wildman–Crippen LogP) is 0.331. The molecule has 6 N–H and O–H groups in total. The summed E-state index contributed by atoms with van der Waals surface area (Å²) in [6.07, 6.45) is -0.447. The minimum atomic E-state index is -1.24.